The first-order valence-electron chi connectivity index (χ1n) is 8.85. The van der Waals surface area contributed by atoms with Gasteiger partial charge in [0, 0.05) is 25.1 Å². The van der Waals surface area contributed by atoms with Gasteiger partial charge >= 0.3 is 0 Å². The van der Waals surface area contributed by atoms with Crippen LogP contribution in [0.5, 0.6) is 0 Å². The lowest BCUT2D eigenvalue weighted by molar-refractivity contribution is 0.0748. The maximum absolute atomic E-state index is 13.2. The molecule has 0 aliphatic carbocycles. The Bertz CT molecular complexity index is 871. The maximum Gasteiger partial charge on any atom is 0.274 e. The normalized spacial score (nSPS) is 17.9. The Hall–Kier alpha value is -2.89. The number of halogens is 1. The van der Waals surface area contributed by atoms with E-state index in [4.69, 9.17) is 4.42 Å². The van der Waals surface area contributed by atoms with E-state index in [0.29, 0.717) is 30.2 Å². The fourth-order valence-corrected chi connectivity index (χ4v) is 3.48. The van der Waals surface area contributed by atoms with Gasteiger partial charge in [0.05, 0.1) is 6.26 Å². The van der Waals surface area contributed by atoms with Crippen LogP contribution in [-0.4, -0.2) is 34.1 Å². The summed E-state index contributed by atoms with van der Waals surface area (Å²) < 4.78 is 18.5. The predicted molar refractivity (Wildman–Crippen MR) is 95.2 cm³/mol. The van der Waals surface area contributed by atoms with Gasteiger partial charge in [-0.15, -0.1) is 0 Å². The third-order valence-corrected chi connectivity index (χ3v) is 4.88. The average Bonchev–Trinajstić information content (AvgIpc) is 3.29. The monoisotopic (exact) mass is 353 g/mol. The van der Waals surface area contributed by atoms with Crippen molar-refractivity contribution in [3.05, 3.63) is 65.8 Å². The van der Waals surface area contributed by atoms with E-state index in [1.807, 2.05) is 23.1 Å². The number of rotatable bonds is 3. The molecule has 5 nitrogen and oxygen atoms in total. The number of hydrogen-bond acceptors (Lipinski definition) is 3. The van der Waals surface area contributed by atoms with E-state index in [0.717, 1.165) is 24.8 Å². The Labute approximate surface area is 150 Å². The molecular formula is C20H20FN3O2. The van der Waals surface area contributed by atoms with Gasteiger partial charge in [0.15, 0.2) is 11.5 Å². The molecule has 1 N–H and O–H groups in total. The number of likely N-dealkylation sites (tertiary alicyclic amines) is 1. The van der Waals surface area contributed by atoms with Crippen LogP contribution in [0.1, 0.15) is 41.2 Å². The molecule has 134 valence electrons. The van der Waals surface area contributed by atoms with Gasteiger partial charge in [0.2, 0.25) is 0 Å². The van der Waals surface area contributed by atoms with Crippen molar-refractivity contribution in [1.82, 2.24) is 15.1 Å². The van der Waals surface area contributed by atoms with E-state index in [-0.39, 0.29) is 17.6 Å². The van der Waals surface area contributed by atoms with Crippen LogP contribution in [0.4, 0.5) is 4.39 Å². The summed E-state index contributed by atoms with van der Waals surface area (Å²) in [5, 5.41) is 7.02. The Morgan fingerprint density at radius 3 is 2.85 bits per heavy atom. The van der Waals surface area contributed by atoms with Gasteiger partial charge in [-0.1, -0.05) is 18.6 Å². The van der Waals surface area contributed by atoms with Gasteiger partial charge in [-0.3, -0.25) is 9.89 Å². The molecule has 3 aromatic rings. The quantitative estimate of drug-likeness (QED) is 0.767. The van der Waals surface area contributed by atoms with Crippen molar-refractivity contribution in [1.29, 1.82) is 0 Å². The first-order valence-corrected chi connectivity index (χ1v) is 8.85. The topological polar surface area (TPSA) is 62.1 Å². The number of aromatic amines is 1. The molecule has 1 unspecified atom stereocenters. The third-order valence-electron chi connectivity index (χ3n) is 4.88. The van der Waals surface area contributed by atoms with Crippen molar-refractivity contribution < 1.29 is 13.6 Å². The lowest BCUT2D eigenvalue weighted by Gasteiger charge is -2.24. The van der Waals surface area contributed by atoms with Crippen molar-refractivity contribution >= 4 is 5.91 Å². The van der Waals surface area contributed by atoms with Gasteiger partial charge in [0.25, 0.3) is 5.91 Å². The predicted octanol–water partition coefficient (Wildman–Crippen LogP) is 4.22. The molecule has 0 radical (unpaired) electrons. The highest BCUT2D eigenvalue weighted by Gasteiger charge is 2.25. The van der Waals surface area contributed by atoms with E-state index >= 15 is 0 Å². The highest BCUT2D eigenvalue weighted by Crippen LogP contribution is 2.28. The summed E-state index contributed by atoms with van der Waals surface area (Å²) in [7, 11) is 0. The number of nitrogens with zero attached hydrogens (tertiary/aromatic N) is 2. The molecule has 26 heavy (non-hydrogen) atoms. The van der Waals surface area contributed by atoms with Crippen LogP contribution >= 0.6 is 0 Å². The van der Waals surface area contributed by atoms with Crippen molar-refractivity contribution in [2.24, 2.45) is 0 Å². The number of carbonyl (C=O) groups is 1. The van der Waals surface area contributed by atoms with Crippen molar-refractivity contribution in [2.45, 2.75) is 25.2 Å². The zero-order valence-corrected chi connectivity index (χ0v) is 14.3. The molecule has 4 rings (SSSR count). The minimum atomic E-state index is -0.239. The molecule has 1 aliphatic rings. The summed E-state index contributed by atoms with van der Waals surface area (Å²) in [6.45, 7) is 1.33. The third kappa shape index (κ3) is 3.40. The molecule has 6 heteroatoms. The van der Waals surface area contributed by atoms with E-state index in [1.54, 1.807) is 18.4 Å². The zero-order valence-electron chi connectivity index (χ0n) is 14.3. The Kier molecular flexibility index (Phi) is 4.56. The van der Waals surface area contributed by atoms with E-state index in [9.17, 15) is 9.18 Å². The minimum absolute atomic E-state index is 0.0898. The summed E-state index contributed by atoms with van der Waals surface area (Å²) >= 11 is 0. The van der Waals surface area contributed by atoms with Crippen LogP contribution in [-0.2, 0) is 0 Å². The lowest BCUT2D eigenvalue weighted by Crippen LogP contribution is -2.34. The summed E-state index contributed by atoms with van der Waals surface area (Å²) in [6.07, 6.45) is 4.58. The van der Waals surface area contributed by atoms with Crippen molar-refractivity contribution in [2.75, 3.05) is 13.1 Å². The highest BCUT2D eigenvalue weighted by molar-refractivity contribution is 5.93. The van der Waals surface area contributed by atoms with E-state index < -0.39 is 0 Å². The van der Waals surface area contributed by atoms with Crippen LogP contribution in [0.2, 0.25) is 0 Å². The Morgan fingerprint density at radius 1 is 1.23 bits per heavy atom. The van der Waals surface area contributed by atoms with E-state index in [1.165, 1.54) is 12.1 Å². The molecule has 1 atom stereocenters. The van der Waals surface area contributed by atoms with Gasteiger partial charge in [-0.05, 0) is 42.7 Å². The molecule has 1 amide bonds. The van der Waals surface area contributed by atoms with Crippen molar-refractivity contribution in [3.63, 3.8) is 0 Å². The molecule has 2 aromatic heterocycles. The number of benzene rings is 1. The van der Waals surface area contributed by atoms with Crippen LogP contribution < -0.4 is 0 Å². The molecule has 0 saturated carbocycles. The van der Waals surface area contributed by atoms with Crippen LogP contribution in [0.25, 0.3) is 11.5 Å². The standard InChI is InChI=1S/C20H20FN3O2/c21-16-8-6-14(7-9-16)15-4-1-2-10-24(13-15)20(25)18-12-17(22-23-18)19-5-3-11-26-19/h3,5-9,11-12,15H,1-2,4,10,13H2,(H,22,23). The number of amides is 1. The number of nitrogens with one attached hydrogen (secondary N) is 1. The molecule has 1 saturated heterocycles. The summed E-state index contributed by atoms with van der Waals surface area (Å²) in [4.78, 5) is 14.8. The second-order valence-corrected chi connectivity index (χ2v) is 6.64. The molecular weight excluding hydrogens is 333 g/mol. The SMILES string of the molecule is O=C(c1cc(-c2ccco2)[nH]n1)N1CCCCC(c2ccc(F)cc2)C1. The summed E-state index contributed by atoms with van der Waals surface area (Å²) in [5.74, 6) is 0.535. The van der Waals surface area contributed by atoms with Crippen LogP contribution in [0.15, 0.2) is 53.1 Å². The Morgan fingerprint density at radius 2 is 2.08 bits per heavy atom. The minimum Gasteiger partial charge on any atom is -0.463 e. The average molecular weight is 353 g/mol. The van der Waals surface area contributed by atoms with E-state index in [2.05, 4.69) is 10.2 Å². The van der Waals surface area contributed by atoms with Gasteiger partial charge in [-0.25, -0.2) is 4.39 Å². The van der Waals surface area contributed by atoms with Gasteiger partial charge < -0.3 is 9.32 Å². The van der Waals surface area contributed by atoms with Gasteiger partial charge in [0.1, 0.15) is 11.5 Å². The van der Waals surface area contributed by atoms with Crippen LogP contribution in [0.3, 0.4) is 0 Å². The molecule has 0 spiro atoms. The fourth-order valence-electron chi connectivity index (χ4n) is 3.48. The fraction of sp³-hybridized carbons (Fsp3) is 0.300. The van der Waals surface area contributed by atoms with Crippen molar-refractivity contribution in [3.8, 4) is 11.5 Å². The largest absolute Gasteiger partial charge is 0.463 e. The number of aromatic nitrogens is 2. The first kappa shape index (κ1) is 16.6. The maximum atomic E-state index is 13.2. The van der Waals surface area contributed by atoms with Gasteiger partial charge in [-0.2, -0.15) is 5.10 Å². The highest BCUT2D eigenvalue weighted by atomic mass is 19.1. The zero-order chi connectivity index (χ0) is 17.9. The Balaban J connectivity index is 1.52. The van der Waals surface area contributed by atoms with Crippen LogP contribution in [0, 0.1) is 5.82 Å². The number of hydrogen-bond donors (Lipinski definition) is 1. The first-order chi connectivity index (χ1) is 12.7. The molecule has 1 aliphatic heterocycles. The summed E-state index contributed by atoms with van der Waals surface area (Å²) in [5.41, 5.74) is 2.14. The molecule has 3 heterocycles. The second-order valence-electron chi connectivity index (χ2n) is 6.64. The lowest BCUT2D eigenvalue weighted by atomic mass is 9.94. The second kappa shape index (κ2) is 7.15. The molecule has 1 fully saturated rings. The molecule has 0 bridgehead atoms. The summed E-state index contributed by atoms with van der Waals surface area (Å²) in [6, 6.07) is 11.9. The number of H-pyrrole nitrogens is 1. The number of furan rings is 1. The molecule has 1 aromatic carbocycles. The number of carbonyl (C=O) groups excluding carboxylic acids is 1. The smallest absolute Gasteiger partial charge is 0.274 e.